The topological polar surface area (TPSA) is 105 Å². The van der Waals surface area contributed by atoms with E-state index in [4.69, 9.17) is 14.2 Å². The van der Waals surface area contributed by atoms with Crippen molar-refractivity contribution in [3.63, 3.8) is 0 Å². The molecule has 0 aliphatic carbocycles. The molecule has 0 bridgehead atoms. The zero-order chi connectivity index (χ0) is 28.6. The van der Waals surface area contributed by atoms with Crippen LogP contribution in [0.2, 0.25) is 0 Å². The van der Waals surface area contributed by atoms with Crippen molar-refractivity contribution in [2.24, 2.45) is 0 Å². The minimum absolute atomic E-state index is 0.0334. The summed E-state index contributed by atoms with van der Waals surface area (Å²) < 4.78 is 17.0. The molecule has 0 saturated carbocycles. The Labute approximate surface area is 234 Å². The molecule has 0 aromatic heterocycles. The van der Waals surface area contributed by atoms with Crippen molar-refractivity contribution in [2.45, 2.75) is 31.6 Å². The van der Waals surface area contributed by atoms with Gasteiger partial charge in [0.15, 0.2) is 5.78 Å². The fourth-order valence-corrected chi connectivity index (χ4v) is 4.95. The van der Waals surface area contributed by atoms with Crippen LogP contribution in [0.25, 0.3) is 0 Å². The number of phenolic OH excluding ortho intramolecular Hbond substituents is 3. The van der Waals surface area contributed by atoms with Crippen LogP contribution in [0.1, 0.15) is 51.4 Å². The van der Waals surface area contributed by atoms with E-state index in [0.29, 0.717) is 42.1 Å². The van der Waals surface area contributed by atoms with E-state index in [0.717, 1.165) is 22.3 Å². The smallest absolute Gasteiger partial charge is 0.163 e. The Morgan fingerprint density at radius 2 is 1.23 bits per heavy atom. The number of ether oxygens (including phenoxy) is 3. The molecule has 1 atom stereocenters. The maximum atomic E-state index is 12.9. The van der Waals surface area contributed by atoms with Crippen LogP contribution in [0.4, 0.5) is 0 Å². The van der Waals surface area contributed by atoms with Crippen molar-refractivity contribution in [1.29, 1.82) is 0 Å². The van der Waals surface area contributed by atoms with Gasteiger partial charge in [-0.25, -0.2) is 0 Å². The molecule has 0 aliphatic heterocycles. The molecule has 0 spiro atoms. The van der Waals surface area contributed by atoms with Gasteiger partial charge >= 0.3 is 0 Å². The van der Waals surface area contributed by atoms with Gasteiger partial charge in [-0.3, -0.25) is 4.79 Å². The van der Waals surface area contributed by atoms with Crippen LogP contribution in [0.3, 0.4) is 0 Å². The van der Waals surface area contributed by atoms with Crippen LogP contribution < -0.4 is 14.2 Å². The Morgan fingerprint density at radius 3 is 1.85 bits per heavy atom. The molecule has 0 aliphatic rings. The molecule has 4 rings (SSSR count). The van der Waals surface area contributed by atoms with Gasteiger partial charge in [-0.05, 0) is 84.5 Å². The number of carbonyl (C=O) groups is 1. The third-order valence-corrected chi connectivity index (χ3v) is 7.09. The van der Waals surface area contributed by atoms with E-state index in [9.17, 15) is 20.1 Å². The number of phenols is 3. The first-order valence-electron chi connectivity index (χ1n) is 13.0. The van der Waals surface area contributed by atoms with Crippen LogP contribution in [0, 0.1) is 0 Å². The maximum Gasteiger partial charge on any atom is 0.163 e. The van der Waals surface area contributed by atoms with Crippen molar-refractivity contribution in [1.82, 2.24) is 0 Å². The number of methoxy groups -OCH3 is 3. The summed E-state index contributed by atoms with van der Waals surface area (Å²) in [6.07, 6.45) is 2.05. The molecule has 7 heteroatoms. The highest BCUT2D eigenvalue weighted by molar-refractivity contribution is 5.96. The van der Waals surface area contributed by atoms with Gasteiger partial charge in [-0.15, -0.1) is 0 Å². The van der Waals surface area contributed by atoms with E-state index in [1.54, 1.807) is 57.7 Å². The summed E-state index contributed by atoms with van der Waals surface area (Å²) in [7, 11) is 4.78. The second kappa shape index (κ2) is 12.9. The number of benzene rings is 4. The van der Waals surface area contributed by atoms with Crippen LogP contribution in [0.5, 0.6) is 34.5 Å². The average Bonchev–Trinajstić information content (AvgIpc) is 2.97. The second-order valence-electron chi connectivity index (χ2n) is 9.55. The van der Waals surface area contributed by atoms with Gasteiger partial charge in [0, 0.05) is 35.6 Å². The number of hydrogen-bond donors (Lipinski definition) is 3. The van der Waals surface area contributed by atoms with Gasteiger partial charge < -0.3 is 29.5 Å². The fourth-order valence-electron chi connectivity index (χ4n) is 4.95. The molecule has 0 saturated heterocycles. The number of rotatable bonds is 12. The molecule has 0 heterocycles. The highest BCUT2D eigenvalue weighted by atomic mass is 16.5. The Bertz CT molecular complexity index is 1440. The van der Waals surface area contributed by atoms with Crippen molar-refractivity contribution < 1.29 is 34.3 Å². The maximum absolute atomic E-state index is 12.9. The van der Waals surface area contributed by atoms with Gasteiger partial charge in [0.05, 0.1) is 21.3 Å². The number of aryl methyl sites for hydroxylation is 2. The summed E-state index contributed by atoms with van der Waals surface area (Å²) in [5.74, 6) is 2.17. The van der Waals surface area contributed by atoms with Crippen molar-refractivity contribution >= 4 is 5.78 Å². The molecule has 1 unspecified atom stereocenters. The lowest BCUT2D eigenvalue weighted by molar-refractivity contribution is 0.0982. The highest BCUT2D eigenvalue weighted by Crippen LogP contribution is 2.41. The van der Waals surface area contributed by atoms with E-state index in [-0.39, 0.29) is 35.4 Å². The summed E-state index contributed by atoms with van der Waals surface area (Å²) in [4.78, 5) is 12.9. The van der Waals surface area contributed by atoms with Gasteiger partial charge in [-0.2, -0.15) is 0 Å². The largest absolute Gasteiger partial charge is 0.508 e. The minimum atomic E-state index is -0.119. The number of ketones is 1. The molecule has 40 heavy (non-hydrogen) atoms. The van der Waals surface area contributed by atoms with E-state index >= 15 is 0 Å². The monoisotopic (exact) mass is 542 g/mol. The summed E-state index contributed by atoms with van der Waals surface area (Å²) in [6, 6.07) is 22.3. The third-order valence-electron chi connectivity index (χ3n) is 7.09. The lowest BCUT2D eigenvalue weighted by atomic mass is 9.84. The Kier molecular flexibility index (Phi) is 9.17. The quantitative estimate of drug-likeness (QED) is 0.178. The number of Topliss-reactive ketones (excluding diaryl/α,β-unsaturated/α-hetero) is 1. The zero-order valence-corrected chi connectivity index (χ0v) is 22.9. The molecule has 7 nitrogen and oxygen atoms in total. The first-order chi connectivity index (χ1) is 19.3. The molecule has 4 aromatic rings. The zero-order valence-electron chi connectivity index (χ0n) is 22.9. The SMILES string of the molecule is COc1cc(OC)c(C(CCc2ccc(O)cc2OC)c2ccc(O)cc2)cc1CCC(=O)c1ccc(O)cc1. The summed E-state index contributed by atoms with van der Waals surface area (Å²) in [6.45, 7) is 0. The van der Waals surface area contributed by atoms with Crippen LogP contribution in [0.15, 0.2) is 78.9 Å². The van der Waals surface area contributed by atoms with Crippen molar-refractivity contribution in [3.05, 3.63) is 107 Å². The number of aromatic hydroxyl groups is 3. The molecule has 0 amide bonds. The average molecular weight is 543 g/mol. The standard InChI is InChI=1S/C33H34O7/c1-38-31-19-27(36)15-8-23(31)9-16-28(21-4-11-25(34)12-5-21)29-18-24(32(39-2)20-33(29)40-3)10-17-30(37)22-6-13-26(35)14-7-22/h4-8,11-15,18-20,28,34-36H,9-10,16-17H2,1-3H3. The van der Waals surface area contributed by atoms with Crippen molar-refractivity contribution in [2.75, 3.05) is 21.3 Å². The molecule has 3 N–H and O–H groups in total. The fraction of sp³-hybridized carbons (Fsp3) is 0.242. The molecule has 0 radical (unpaired) electrons. The Balaban J connectivity index is 1.69. The van der Waals surface area contributed by atoms with Gasteiger partial charge in [0.1, 0.15) is 34.5 Å². The van der Waals surface area contributed by atoms with Crippen molar-refractivity contribution in [3.8, 4) is 34.5 Å². The normalized spacial score (nSPS) is 11.6. The molecule has 4 aromatic carbocycles. The molecule has 0 fully saturated rings. The van der Waals surface area contributed by atoms with Crippen LogP contribution in [-0.2, 0) is 12.8 Å². The van der Waals surface area contributed by atoms with Gasteiger partial charge in [0.25, 0.3) is 0 Å². The number of hydrogen-bond acceptors (Lipinski definition) is 7. The Hall–Kier alpha value is -4.65. The van der Waals surface area contributed by atoms with E-state index in [1.807, 2.05) is 30.3 Å². The Morgan fingerprint density at radius 1 is 0.650 bits per heavy atom. The van der Waals surface area contributed by atoms with Gasteiger partial charge in [-0.1, -0.05) is 18.2 Å². The molecular formula is C33H34O7. The molecule has 208 valence electrons. The lowest BCUT2D eigenvalue weighted by Crippen LogP contribution is -2.08. The predicted molar refractivity (Wildman–Crippen MR) is 153 cm³/mol. The summed E-state index contributed by atoms with van der Waals surface area (Å²) in [5.41, 5.74) is 4.28. The van der Waals surface area contributed by atoms with E-state index in [1.165, 1.54) is 12.1 Å². The second-order valence-corrected chi connectivity index (χ2v) is 9.55. The summed E-state index contributed by atoms with van der Waals surface area (Å²) in [5, 5.41) is 29.4. The third kappa shape index (κ3) is 6.67. The number of carbonyl (C=O) groups excluding carboxylic acids is 1. The van der Waals surface area contributed by atoms with E-state index < -0.39 is 0 Å². The first-order valence-corrected chi connectivity index (χ1v) is 13.0. The van der Waals surface area contributed by atoms with Crippen LogP contribution >= 0.6 is 0 Å². The highest BCUT2D eigenvalue weighted by Gasteiger charge is 2.23. The predicted octanol–water partition coefficient (Wildman–Crippen LogP) is 6.41. The summed E-state index contributed by atoms with van der Waals surface area (Å²) >= 11 is 0. The lowest BCUT2D eigenvalue weighted by Gasteiger charge is -2.23. The van der Waals surface area contributed by atoms with Crippen LogP contribution in [-0.4, -0.2) is 42.4 Å². The van der Waals surface area contributed by atoms with E-state index in [2.05, 4.69) is 0 Å². The minimum Gasteiger partial charge on any atom is -0.508 e. The van der Waals surface area contributed by atoms with Gasteiger partial charge in [0.2, 0.25) is 0 Å². The molecular weight excluding hydrogens is 508 g/mol. The first kappa shape index (κ1) is 28.4.